The highest BCUT2D eigenvalue weighted by molar-refractivity contribution is 6.44. The zero-order valence-corrected chi connectivity index (χ0v) is 11.5. The van der Waals surface area contributed by atoms with Crippen molar-refractivity contribution in [1.29, 1.82) is 0 Å². The minimum absolute atomic E-state index is 0.358. The van der Waals surface area contributed by atoms with Crippen molar-refractivity contribution in [1.82, 2.24) is 0 Å². The maximum Gasteiger partial charge on any atom is 0.0679 e. The second-order valence-corrected chi connectivity index (χ2v) is 5.03. The van der Waals surface area contributed by atoms with Crippen molar-refractivity contribution in [3.8, 4) is 0 Å². The lowest BCUT2D eigenvalue weighted by atomic mass is 10.0. The average Bonchev–Trinajstić information content (AvgIpc) is 2.23. The van der Waals surface area contributed by atoms with Gasteiger partial charge in [0, 0.05) is 17.1 Å². The van der Waals surface area contributed by atoms with E-state index in [1.165, 1.54) is 0 Å². The average molecular weight is 279 g/mol. The van der Waals surface area contributed by atoms with Crippen LogP contribution in [0.15, 0.2) is 17.7 Å². The van der Waals surface area contributed by atoms with E-state index < -0.39 is 0 Å². The molecule has 0 aliphatic heterocycles. The lowest BCUT2D eigenvalue weighted by molar-refractivity contribution is 0.753. The van der Waals surface area contributed by atoms with E-state index in [4.69, 9.17) is 40.5 Å². The zero-order chi connectivity index (χ0) is 12.3. The van der Waals surface area contributed by atoms with E-state index in [-0.39, 0.29) is 0 Å². The van der Waals surface area contributed by atoms with Gasteiger partial charge in [-0.1, -0.05) is 60.3 Å². The Balaban J connectivity index is 3.28. The van der Waals surface area contributed by atoms with E-state index in [9.17, 15) is 0 Å². The van der Waals surface area contributed by atoms with Gasteiger partial charge in [0.05, 0.1) is 10.0 Å². The van der Waals surface area contributed by atoms with Crippen molar-refractivity contribution < 1.29 is 0 Å². The van der Waals surface area contributed by atoms with Crippen LogP contribution in [0.3, 0.4) is 0 Å². The Morgan fingerprint density at radius 2 is 1.81 bits per heavy atom. The molecule has 0 saturated heterocycles. The van der Waals surface area contributed by atoms with E-state index in [0.29, 0.717) is 27.5 Å². The van der Waals surface area contributed by atoms with Crippen molar-refractivity contribution in [3.05, 3.63) is 38.3 Å². The Hall–Kier alpha value is -0.210. The van der Waals surface area contributed by atoms with Crippen LogP contribution in [0, 0.1) is 5.92 Å². The number of hydrogen-bond acceptors (Lipinski definition) is 1. The third-order valence-electron chi connectivity index (χ3n) is 2.39. The van der Waals surface area contributed by atoms with Crippen LogP contribution in [0.2, 0.25) is 15.1 Å². The smallest absolute Gasteiger partial charge is 0.0679 e. The van der Waals surface area contributed by atoms with Gasteiger partial charge >= 0.3 is 0 Å². The van der Waals surface area contributed by atoms with Gasteiger partial charge in [0.25, 0.3) is 0 Å². The first kappa shape index (κ1) is 13.9. The van der Waals surface area contributed by atoms with Crippen molar-refractivity contribution in [3.63, 3.8) is 0 Å². The summed E-state index contributed by atoms with van der Waals surface area (Å²) in [4.78, 5) is 0. The van der Waals surface area contributed by atoms with Crippen LogP contribution in [0.4, 0.5) is 0 Å². The fraction of sp³-hybridized carbons (Fsp3) is 0.333. The lowest BCUT2D eigenvalue weighted by Crippen LogP contribution is -2.08. The number of benzene rings is 1. The van der Waals surface area contributed by atoms with Crippen LogP contribution in [0.25, 0.3) is 6.08 Å². The highest BCUT2D eigenvalue weighted by Crippen LogP contribution is 2.33. The van der Waals surface area contributed by atoms with Crippen LogP contribution in [0.5, 0.6) is 0 Å². The SMILES string of the molecule is CC(C)/C(=C/c1c(Cl)ccc(Cl)c1Cl)CN. The molecule has 0 atom stereocenters. The maximum absolute atomic E-state index is 6.10. The molecule has 0 aromatic heterocycles. The molecule has 1 nitrogen and oxygen atoms in total. The van der Waals surface area contributed by atoms with Crippen molar-refractivity contribution in [2.24, 2.45) is 11.7 Å². The first-order valence-corrected chi connectivity index (χ1v) is 6.14. The normalized spacial score (nSPS) is 12.3. The molecule has 0 fully saturated rings. The van der Waals surface area contributed by atoms with Crippen molar-refractivity contribution in [2.45, 2.75) is 13.8 Å². The summed E-state index contributed by atoms with van der Waals surface area (Å²) in [6.45, 7) is 4.63. The Morgan fingerprint density at radius 1 is 1.25 bits per heavy atom. The molecule has 0 amide bonds. The maximum atomic E-state index is 6.10. The van der Waals surface area contributed by atoms with Gasteiger partial charge < -0.3 is 5.73 Å². The third-order valence-corrected chi connectivity index (χ3v) is 3.53. The molecular weight excluding hydrogens is 264 g/mol. The predicted molar refractivity (Wildman–Crippen MR) is 73.3 cm³/mol. The quantitative estimate of drug-likeness (QED) is 0.801. The van der Waals surface area contributed by atoms with Crippen LogP contribution in [-0.4, -0.2) is 6.54 Å². The molecule has 0 aliphatic carbocycles. The molecule has 0 radical (unpaired) electrons. The molecule has 1 rings (SSSR count). The van der Waals surface area contributed by atoms with E-state index in [1.54, 1.807) is 12.1 Å². The van der Waals surface area contributed by atoms with Crippen LogP contribution < -0.4 is 5.73 Å². The molecule has 0 heterocycles. The number of nitrogens with two attached hydrogens (primary N) is 1. The summed E-state index contributed by atoms with van der Waals surface area (Å²) in [6.07, 6.45) is 1.92. The van der Waals surface area contributed by atoms with Crippen LogP contribution in [-0.2, 0) is 0 Å². The highest BCUT2D eigenvalue weighted by atomic mass is 35.5. The highest BCUT2D eigenvalue weighted by Gasteiger charge is 2.09. The molecule has 88 valence electrons. The summed E-state index contributed by atoms with van der Waals surface area (Å²) in [5.41, 5.74) is 7.50. The third kappa shape index (κ3) is 3.14. The van der Waals surface area contributed by atoms with Crippen LogP contribution in [0.1, 0.15) is 19.4 Å². The second-order valence-electron chi connectivity index (χ2n) is 3.83. The van der Waals surface area contributed by atoms with E-state index in [0.717, 1.165) is 11.1 Å². The monoisotopic (exact) mass is 277 g/mol. The summed E-state index contributed by atoms with van der Waals surface area (Å²) in [5.74, 6) is 0.358. The molecule has 1 aromatic carbocycles. The van der Waals surface area contributed by atoms with Crippen LogP contribution >= 0.6 is 34.8 Å². The molecule has 0 unspecified atom stereocenters. The van der Waals surface area contributed by atoms with Gasteiger partial charge in [-0.05, 0) is 18.1 Å². The van der Waals surface area contributed by atoms with Gasteiger partial charge in [-0.2, -0.15) is 0 Å². The van der Waals surface area contributed by atoms with Crippen molar-refractivity contribution in [2.75, 3.05) is 6.54 Å². The van der Waals surface area contributed by atoms with E-state index in [1.807, 2.05) is 6.08 Å². The fourth-order valence-corrected chi connectivity index (χ4v) is 1.97. The summed E-state index contributed by atoms with van der Waals surface area (Å²) in [7, 11) is 0. The summed E-state index contributed by atoms with van der Waals surface area (Å²) < 4.78 is 0. The fourth-order valence-electron chi connectivity index (χ4n) is 1.32. The molecule has 0 bridgehead atoms. The second kappa shape index (κ2) is 5.92. The minimum atomic E-state index is 0.358. The Bertz CT molecular complexity index is 411. The standard InChI is InChI=1S/C12H14Cl3N/c1-7(2)8(6-16)5-9-10(13)3-4-11(14)12(9)15/h3-5,7H,6,16H2,1-2H3/b8-5+. The van der Waals surface area contributed by atoms with Gasteiger partial charge in [-0.25, -0.2) is 0 Å². The summed E-state index contributed by atoms with van der Waals surface area (Å²) >= 11 is 18.1. The van der Waals surface area contributed by atoms with E-state index >= 15 is 0 Å². The predicted octanol–water partition coefficient (Wildman–Crippen LogP) is 4.64. The Kier molecular flexibility index (Phi) is 5.13. The van der Waals surface area contributed by atoms with E-state index in [2.05, 4.69) is 13.8 Å². The first-order valence-electron chi connectivity index (χ1n) is 5.01. The summed E-state index contributed by atoms with van der Waals surface area (Å²) in [5, 5.41) is 1.55. The first-order chi connectivity index (χ1) is 7.47. The van der Waals surface area contributed by atoms with Gasteiger partial charge in [-0.3, -0.25) is 0 Å². The molecule has 4 heteroatoms. The molecule has 16 heavy (non-hydrogen) atoms. The molecule has 0 aliphatic rings. The van der Waals surface area contributed by atoms with Gasteiger partial charge in [0.1, 0.15) is 0 Å². The van der Waals surface area contributed by atoms with Gasteiger partial charge in [0.15, 0.2) is 0 Å². The number of halogens is 3. The number of rotatable bonds is 3. The van der Waals surface area contributed by atoms with Gasteiger partial charge in [-0.15, -0.1) is 0 Å². The minimum Gasteiger partial charge on any atom is -0.327 e. The molecule has 0 saturated carbocycles. The van der Waals surface area contributed by atoms with Crippen molar-refractivity contribution >= 4 is 40.9 Å². The Labute approximate surface area is 111 Å². The largest absolute Gasteiger partial charge is 0.327 e. The molecule has 0 spiro atoms. The topological polar surface area (TPSA) is 26.0 Å². The lowest BCUT2D eigenvalue weighted by Gasteiger charge is -2.11. The molecule has 2 N–H and O–H groups in total. The molecular formula is C12H14Cl3N. The Morgan fingerprint density at radius 3 is 2.31 bits per heavy atom. The summed E-state index contributed by atoms with van der Waals surface area (Å²) in [6, 6.07) is 3.41. The molecule has 1 aromatic rings. The number of hydrogen-bond donors (Lipinski definition) is 1. The zero-order valence-electron chi connectivity index (χ0n) is 9.23. The van der Waals surface area contributed by atoms with Gasteiger partial charge in [0.2, 0.25) is 0 Å².